The maximum atomic E-state index is 12.4. The number of rotatable bonds is 8. The minimum Gasteiger partial charge on any atom is -0.459 e. The van der Waals surface area contributed by atoms with Crippen molar-refractivity contribution in [2.24, 2.45) is 11.3 Å². The van der Waals surface area contributed by atoms with Gasteiger partial charge in [-0.1, -0.05) is 26.5 Å². The van der Waals surface area contributed by atoms with Crippen LogP contribution in [0.5, 0.6) is 0 Å². The van der Waals surface area contributed by atoms with Crippen molar-refractivity contribution in [3.8, 4) is 0 Å². The highest BCUT2D eigenvalue weighted by atomic mass is 16.6. The molecule has 0 rings (SSSR count). The molecule has 0 heterocycles. The number of carbonyl (C=O) groups excluding carboxylic acids is 3. The molecular formula is C18H31NO6. The highest BCUT2D eigenvalue weighted by molar-refractivity contribution is 5.82. The lowest BCUT2D eigenvalue weighted by atomic mass is 9.93. The number of carbonyl (C=O) groups is 3. The van der Waals surface area contributed by atoms with Gasteiger partial charge in [-0.3, -0.25) is 4.79 Å². The van der Waals surface area contributed by atoms with Crippen LogP contribution in [-0.4, -0.2) is 42.9 Å². The van der Waals surface area contributed by atoms with E-state index in [1.54, 1.807) is 48.5 Å². The van der Waals surface area contributed by atoms with E-state index in [4.69, 9.17) is 14.2 Å². The smallest absolute Gasteiger partial charge is 0.407 e. The van der Waals surface area contributed by atoms with Crippen LogP contribution in [-0.2, 0) is 23.8 Å². The number of hydrogen-bond donors (Lipinski definition) is 1. The highest BCUT2D eigenvalue weighted by Crippen LogP contribution is 2.20. The van der Waals surface area contributed by atoms with Crippen molar-refractivity contribution < 1.29 is 28.6 Å². The molecule has 0 aliphatic heterocycles. The number of ether oxygens (including phenoxy) is 3. The molecule has 0 aromatic carbocycles. The molecule has 0 aromatic heterocycles. The molecule has 0 aliphatic carbocycles. The van der Waals surface area contributed by atoms with Gasteiger partial charge >= 0.3 is 18.0 Å². The maximum Gasteiger partial charge on any atom is 0.407 e. The predicted molar refractivity (Wildman–Crippen MR) is 93.9 cm³/mol. The molecule has 25 heavy (non-hydrogen) atoms. The van der Waals surface area contributed by atoms with Crippen LogP contribution in [0.3, 0.4) is 0 Å². The van der Waals surface area contributed by atoms with Crippen molar-refractivity contribution in [1.29, 1.82) is 0 Å². The summed E-state index contributed by atoms with van der Waals surface area (Å²) in [4.78, 5) is 36.1. The molecule has 0 saturated heterocycles. The Hall–Kier alpha value is -2.05. The van der Waals surface area contributed by atoms with Gasteiger partial charge in [0.15, 0.2) is 0 Å². The molecule has 7 nitrogen and oxygen atoms in total. The summed E-state index contributed by atoms with van der Waals surface area (Å²) in [6, 6.07) is 0. The molecule has 144 valence electrons. The monoisotopic (exact) mass is 357 g/mol. The van der Waals surface area contributed by atoms with Gasteiger partial charge in [0.05, 0.1) is 5.41 Å². The highest BCUT2D eigenvalue weighted by Gasteiger charge is 2.36. The van der Waals surface area contributed by atoms with Crippen molar-refractivity contribution in [3.05, 3.63) is 12.7 Å². The first kappa shape index (κ1) is 22.9. The van der Waals surface area contributed by atoms with E-state index < -0.39 is 35.2 Å². The lowest BCUT2D eigenvalue weighted by Crippen LogP contribution is -2.44. The molecule has 0 saturated carbocycles. The Morgan fingerprint density at radius 2 is 1.68 bits per heavy atom. The zero-order valence-corrected chi connectivity index (χ0v) is 16.3. The summed E-state index contributed by atoms with van der Waals surface area (Å²) in [5, 5.41) is 2.53. The van der Waals surface area contributed by atoms with Gasteiger partial charge in [0.2, 0.25) is 6.10 Å². The lowest BCUT2D eigenvalue weighted by Gasteiger charge is -2.28. The fourth-order valence-electron chi connectivity index (χ4n) is 1.63. The number of esters is 2. The minimum absolute atomic E-state index is 0.00721. The number of hydrogen-bond acceptors (Lipinski definition) is 6. The predicted octanol–water partition coefficient (Wildman–Crippen LogP) is 2.83. The Labute approximate surface area is 150 Å². The molecule has 0 radical (unpaired) electrons. The van der Waals surface area contributed by atoms with Crippen molar-refractivity contribution in [2.75, 3.05) is 13.2 Å². The van der Waals surface area contributed by atoms with Gasteiger partial charge in [0.25, 0.3) is 0 Å². The van der Waals surface area contributed by atoms with E-state index in [-0.39, 0.29) is 19.1 Å². The topological polar surface area (TPSA) is 90.9 Å². The average Bonchev–Trinajstić information content (AvgIpc) is 2.45. The van der Waals surface area contributed by atoms with Gasteiger partial charge in [0, 0.05) is 12.5 Å². The molecule has 0 spiro atoms. The largest absolute Gasteiger partial charge is 0.459 e. The van der Waals surface area contributed by atoms with Crippen molar-refractivity contribution in [2.45, 2.75) is 60.2 Å². The zero-order chi connectivity index (χ0) is 19.8. The Kier molecular flexibility index (Phi) is 8.66. The molecule has 0 bridgehead atoms. The first-order valence-corrected chi connectivity index (χ1v) is 8.25. The zero-order valence-electron chi connectivity index (χ0n) is 16.3. The van der Waals surface area contributed by atoms with Crippen LogP contribution in [0.1, 0.15) is 48.5 Å². The Morgan fingerprint density at radius 1 is 1.12 bits per heavy atom. The standard InChI is InChI=1S/C18H31NO6/c1-9-10-23-14(20)13(12(2)3)24-15(21)18(7,8)11-19-16(22)25-17(4,5)6/h9,12-13H,1,10-11H2,2-8H3,(H,19,22)/t13-/m0/s1. The van der Waals surface area contributed by atoms with Crippen LogP contribution in [0.4, 0.5) is 4.79 Å². The van der Waals surface area contributed by atoms with Crippen LogP contribution in [0.25, 0.3) is 0 Å². The van der Waals surface area contributed by atoms with Crippen LogP contribution in [0.15, 0.2) is 12.7 Å². The Balaban J connectivity index is 4.78. The normalized spacial score (nSPS) is 13.0. The maximum absolute atomic E-state index is 12.4. The van der Waals surface area contributed by atoms with Gasteiger partial charge in [0.1, 0.15) is 12.2 Å². The van der Waals surface area contributed by atoms with Crippen LogP contribution >= 0.6 is 0 Å². The van der Waals surface area contributed by atoms with E-state index in [1.807, 2.05) is 0 Å². The molecular weight excluding hydrogens is 326 g/mol. The second kappa shape index (κ2) is 9.44. The molecule has 7 heteroatoms. The van der Waals surface area contributed by atoms with E-state index >= 15 is 0 Å². The van der Waals surface area contributed by atoms with E-state index in [0.29, 0.717) is 0 Å². The lowest BCUT2D eigenvalue weighted by molar-refractivity contribution is -0.176. The molecule has 1 atom stereocenters. The summed E-state index contributed by atoms with van der Waals surface area (Å²) in [5.74, 6) is -1.49. The van der Waals surface area contributed by atoms with E-state index in [9.17, 15) is 14.4 Å². The van der Waals surface area contributed by atoms with E-state index in [2.05, 4.69) is 11.9 Å². The summed E-state index contributed by atoms with van der Waals surface area (Å²) in [6.07, 6.45) is -0.210. The molecule has 0 aromatic rings. The Bertz CT molecular complexity index is 490. The third-order valence-electron chi connectivity index (χ3n) is 3.04. The second-order valence-corrected chi connectivity index (χ2v) is 7.73. The fraction of sp³-hybridized carbons (Fsp3) is 0.722. The fourth-order valence-corrected chi connectivity index (χ4v) is 1.63. The van der Waals surface area contributed by atoms with Crippen molar-refractivity contribution in [3.63, 3.8) is 0 Å². The number of nitrogens with one attached hydrogen (secondary N) is 1. The molecule has 1 amide bonds. The average molecular weight is 357 g/mol. The third-order valence-corrected chi connectivity index (χ3v) is 3.04. The van der Waals surface area contributed by atoms with Gasteiger partial charge < -0.3 is 19.5 Å². The summed E-state index contributed by atoms with van der Waals surface area (Å²) >= 11 is 0. The summed E-state index contributed by atoms with van der Waals surface area (Å²) in [7, 11) is 0. The quantitative estimate of drug-likeness (QED) is 0.408. The molecule has 0 unspecified atom stereocenters. The molecule has 0 fully saturated rings. The van der Waals surface area contributed by atoms with Gasteiger partial charge in [-0.15, -0.1) is 0 Å². The van der Waals surface area contributed by atoms with E-state index in [1.165, 1.54) is 6.08 Å². The SMILES string of the molecule is C=CCOC(=O)[C@@H](OC(=O)C(C)(C)CNC(=O)OC(C)(C)C)C(C)C. The van der Waals surface area contributed by atoms with Crippen LogP contribution < -0.4 is 5.32 Å². The number of amides is 1. The minimum atomic E-state index is -1.04. The second-order valence-electron chi connectivity index (χ2n) is 7.73. The first-order valence-electron chi connectivity index (χ1n) is 8.25. The van der Waals surface area contributed by atoms with Gasteiger partial charge in [-0.05, 0) is 34.6 Å². The van der Waals surface area contributed by atoms with Crippen molar-refractivity contribution in [1.82, 2.24) is 5.32 Å². The third kappa shape index (κ3) is 9.12. The number of alkyl carbamates (subject to hydrolysis) is 1. The first-order chi connectivity index (χ1) is 11.3. The summed E-state index contributed by atoms with van der Waals surface area (Å²) in [6.45, 7) is 15.5. The molecule has 1 N–H and O–H groups in total. The molecule has 0 aliphatic rings. The summed E-state index contributed by atoms with van der Waals surface area (Å²) < 4.78 is 15.4. The van der Waals surface area contributed by atoms with Crippen LogP contribution in [0, 0.1) is 11.3 Å². The van der Waals surface area contributed by atoms with Crippen molar-refractivity contribution >= 4 is 18.0 Å². The van der Waals surface area contributed by atoms with Crippen LogP contribution in [0.2, 0.25) is 0 Å². The van der Waals surface area contributed by atoms with Gasteiger partial charge in [-0.25, -0.2) is 9.59 Å². The van der Waals surface area contributed by atoms with E-state index in [0.717, 1.165) is 0 Å². The Morgan fingerprint density at radius 3 is 2.12 bits per heavy atom. The van der Waals surface area contributed by atoms with Gasteiger partial charge in [-0.2, -0.15) is 0 Å². The summed E-state index contributed by atoms with van der Waals surface area (Å²) in [5.41, 5.74) is -1.67.